The molecule has 0 spiro atoms. The van der Waals surface area contributed by atoms with Gasteiger partial charge in [0.05, 0.1) is 0 Å². The second kappa shape index (κ2) is 6.97. The van der Waals surface area contributed by atoms with Gasteiger partial charge in [0.15, 0.2) is 0 Å². The summed E-state index contributed by atoms with van der Waals surface area (Å²) >= 11 is 6.02. The summed E-state index contributed by atoms with van der Waals surface area (Å²) in [5.41, 5.74) is 0.972. The monoisotopic (exact) mass is 289 g/mol. The Hall–Kier alpha value is -1.99. The van der Waals surface area contributed by atoms with Crippen LogP contribution in [0.3, 0.4) is 0 Å². The number of carbonyl (C=O) groups is 1. The maximum atomic E-state index is 12.0. The number of hydrogen-bond acceptors (Lipinski definition) is 3. The molecule has 0 radical (unpaired) electrons. The van der Waals surface area contributed by atoms with Crippen LogP contribution in [0.25, 0.3) is 0 Å². The van der Waals surface area contributed by atoms with Crippen LogP contribution >= 0.6 is 11.6 Å². The molecule has 0 atom stereocenters. The quantitative estimate of drug-likeness (QED) is 0.684. The van der Waals surface area contributed by atoms with E-state index in [1.165, 1.54) is 0 Å². The zero-order valence-electron chi connectivity index (χ0n) is 11.1. The lowest BCUT2D eigenvalue weighted by Crippen LogP contribution is -2.26. The number of hydrogen-bond donors (Lipinski definition) is 1. The number of rotatable bonds is 4. The smallest absolute Gasteiger partial charge is 0.263 e. The molecule has 0 aliphatic carbocycles. The third-order valence-corrected chi connectivity index (χ3v) is 3.58. The van der Waals surface area contributed by atoms with Crippen LogP contribution in [0.1, 0.15) is 18.4 Å². The van der Waals surface area contributed by atoms with E-state index in [0.29, 0.717) is 11.6 Å². The molecule has 104 valence electrons. The predicted molar refractivity (Wildman–Crippen MR) is 77.8 cm³/mol. The van der Waals surface area contributed by atoms with E-state index < -0.39 is 0 Å². The molecule has 1 N–H and O–H groups in total. The van der Waals surface area contributed by atoms with E-state index >= 15 is 0 Å². The van der Waals surface area contributed by atoms with E-state index in [0.717, 1.165) is 31.5 Å². The summed E-state index contributed by atoms with van der Waals surface area (Å²) in [5, 5.41) is 12.4. The first-order valence-electron chi connectivity index (χ1n) is 6.58. The lowest BCUT2D eigenvalue weighted by Gasteiger charge is -2.12. The molecule has 0 unspecified atom stereocenters. The van der Waals surface area contributed by atoms with Crippen molar-refractivity contribution >= 4 is 17.5 Å². The lowest BCUT2D eigenvalue weighted by atomic mass is 10.2. The van der Waals surface area contributed by atoms with Crippen LogP contribution < -0.4 is 5.32 Å². The summed E-state index contributed by atoms with van der Waals surface area (Å²) in [5.74, 6) is -0.362. The molecule has 1 aliphatic heterocycles. The van der Waals surface area contributed by atoms with Gasteiger partial charge in [0.2, 0.25) is 0 Å². The van der Waals surface area contributed by atoms with E-state index in [9.17, 15) is 4.79 Å². The Morgan fingerprint density at radius 2 is 2.10 bits per heavy atom. The van der Waals surface area contributed by atoms with Crippen molar-refractivity contribution in [2.24, 2.45) is 0 Å². The van der Waals surface area contributed by atoms with Gasteiger partial charge in [-0.3, -0.25) is 4.79 Å². The number of amides is 1. The van der Waals surface area contributed by atoms with Crippen molar-refractivity contribution in [3.63, 3.8) is 0 Å². The molecule has 1 aromatic carbocycles. The number of nitrogens with zero attached hydrogens (tertiary/aromatic N) is 2. The van der Waals surface area contributed by atoms with Crippen LogP contribution in [0.4, 0.5) is 0 Å². The predicted octanol–water partition coefficient (Wildman–Crippen LogP) is 2.46. The minimum atomic E-state index is -0.362. The lowest BCUT2D eigenvalue weighted by molar-refractivity contribution is -0.117. The normalized spacial score (nSPS) is 15.0. The molecule has 0 bridgehead atoms. The van der Waals surface area contributed by atoms with Crippen molar-refractivity contribution in [1.82, 2.24) is 10.2 Å². The molecule has 1 heterocycles. The first-order valence-corrected chi connectivity index (χ1v) is 6.96. The number of benzene rings is 1. The molecule has 1 amide bonds. The minimum absolute atomic E-state index is 0.138. The van der Waals surface area contributed by atoms with Gasteiger partial charge in [-0.1, -0.05) is 29.8 Å². The maximum Gasteiger partial charge on any atom is 0.263 e. The fourth-order valence-corrected chi connectivity index (χ4v) is 2.31. The average molecular weight is 290 g/mol. The molecular formula is C15H16ClN3O. The minimum Gasteiger partial charge on any atom is -0.376 e. The van der Waals surface area contributed by atoms with Gasteiger partial charge in [-0.15, -0.1) is 0 Å². The highest BCUT2D eigenvalue weighted by molar-refractivity contribution is 6.31. The van der Waals surface area contributed by atoms with Crippen LogP contribution in [0.15, 0.2) is 36.0 Å². The summed E-state index contributed by atoms with van der Waals surface area (Å²) in [6, 6.07) is 9.27. The Morgan fingerprint density at radius 1 is 1.40 bits per heavy atom. The number of carbonyl (C=O) groups excluding carboxylic acids is 1. The van der Waals surface area contributed by atoms with Gasteiger partial charge >= 0.3 is 0 Å². The molecule has 0 saturated carbocycles. The van der Waals surface area contributed by atoms with Crippen molar-refractivity contribution < 1.29 is 4.79 Å². The third kappa shape index (κ3) is 3.75. The molecule has 20 heavy (non-hydrogen) atoms. The van der Waals surface area contributed by atoms with Crippen LogP contribution in [0.2, 0.25) is 5.02 Å². The van der Waals surface area contributed by atoms with Crippen molar-refractivity contribution in [3.05, 3.63) is 46.6 Å². The van der Waals surface area contributed by atoms with Gasteiger partial charge < -0.3 is 10.2 Å². The molecule has 5 heteroatoms. The summed E-state index contributed by atoms with van der Waals surface area (Å²) in [6.45, 7) is 2.13. The molecule has 0 aromatic heterocycles. The highest BCUT2D eigenvalue weighted by Crippen LogP contribution is 2.14. The zero-order valence-corrected chi connectivity index (χ0v) is 11.9. The molecule has 1 aliphatic rings. The Morgan fingerprint density at radius 3 is 2.75 bits per heavy atom. The number of nitriles is 1. The molecule has 2 rings (SSSR count). The van der Waals surface area contributed by atoms with Gasteiger partial charge in [0.1, 0.15) is 11.6 Å². The second-order valence-electron chi connectivity index (χ2n) is 4.67. The molecule has 1 fully saturated rings. The van der Waals surface area contributed by atoms with E-state index in [2.05, 4.69) is 5.32 Å². The Kier molecular flexibility index (Phi) is 5.03. The van der Waals surface area contributed by atoms with E-state index in [1.807, 2.05) is 29.2 Å². The molecule has 1 saturated heterocycles. The van der Waals surface area contributed by atoms with Gasteiger partial charge in [-0.05, 0) is 24.5 Å². The Labute approximate surface area is 123 Å². The second-order valence-corrected chi connectivity index (χ2v) is 5.08. The molecule has 1 aromatic rings. The highest BCUT2D eigenvalue weighted by Gasteiger charge is 2.14. The Balaban J connectivity index is 1.96. The third-order valence-electron chi connectivity index (χ3n) is 3.21. The van der Waals surface area contributed by atoms with Gasteiger partial charge in [0, 0.05) is 30.9 Å². The highest BCUT2D eigenvalue weighted by atomic mass is 35.5. The maximum absolute atomic E-state index is 12.0. The van der Waals surface area contributed by atoms with Crippen LogP contribution in [0, 0.1) is 11.3 Å². The van der Waals surface area contributed by atoms with Crippen LogP contribution in [-0.2, 0) is 11.3 Å². The summed E-state index contributed by atoms with van der Waals surface area (Å²) < 4.78 is 0. The molecule has 4 nitrogen and oxygen atoms in total. The Bertz CT molecular complexity index is 556. The van der Waals surface area contributed by atoms with E-state index in [4.69, 9.17) is 16.9 Å². The van der Waals surface area contributed by atoms with Crippen molar-refractivity contribution in [2.75, 3.05) is 13.1 Å². The van der Waals surface area contributed by atoms with E-state index in [1.54, 1.807) is 12.3 Å². The van der Waals surface area contributed by atoms with Crippen LogP contribution in [0.5, 0.6) is 0 Å². The number of halogens is 1. The van der Waals surface area contributed by atoms with Gasteiger partial charge in [0.25, 0.3) is 5.91 Å². The standard InChI is InChI=1S/C15H16ClN3O/c16-14-6-2-1-5-12(14)10-18-15(20)13(9-17)11-19-7-3-4-8-19/h1-2,5-6,11H,3-4,7-8,10H2,(H,18,20)/b13-11-. The first-order chi connectivity index (χ1) is 9.70. The topological polar surface area (TPSA) is 56.1 Å². The SMILES string of the molecule is N#C/C(=C/N1CCCC1)C(=O)NCc1ccccc1Cl. The van der Waals surface area contributed by atoms with Gasteiger partial charge in [-0.25, -0.2) is 0 Å². The summed E-state index contributed by atoms with van der Waals surface area (Å²) in [4.78, 5) is 14.0. The van der Waals surface area contributed by atoms with Crippen molar-refractivity contribution in [2.45, 2.75) is 19.4 Å². The zero-order chi connectivity index (χ0) is 14.4. The van der Waals surface area contributed by atoms with Gasteiger partial charge in [-0.2, -0.15) is 5.26 Å². The fourth-order valence-electron chi connectivity index (χ4n) is 2.10. The fraction of sp³-hybridized carbons (Fsp3) is 0.333. The molecular weight excluding hydrogens is 274 g/mol. The van der Waals surface area contributed by atoms with Crippen molar-refractivity contribution in [1.29, 1.82) is 5.26 Å². The number of nitrogens with one attached hydrogen (secondary N) is 1. The van der Waals surface area contributed by atoms with Crippen molar-refractivity contribution in [3.8, 4) is 6.07 Å². The summed E-state index contributed by atoms with van der Waals surface area (Å²) in [7, 11) is 0. The van der Waals surface area contributed by atoms with E-state index in [-0.39, 0.29) is 11.5 Å². The largest absolute Gasteiger partial charge is 0.376 e. The number of likely N-dealkylation sites (tertiary alicyclic amines) is 1. The first kappa shape index (κ1) is 14.4. The summed E-state index contributed by atoms with van der Waals surface area (Å²) in [6.07, 6.45) is 3.86. The average Bonchev–Trinajstić information content (AvgIpc) is 2.96. The van der Waals surface area contributed by atoms with Crippen LogP contribution in [-0.4, -0.2) is 23.9 Å².